The lowest BCUT2D eigenvalue weighted by Gasteiger charge is -1.98. The Kier molecular flexibility index (Phi) is 4.63. The Bertz CT molecular complexity index is 745. The van der Waals surface area contributed by atoms with Gasteiger partial charge in [0, 0.05) is 20.8 Å². The van der Waals surface area contributed by atoms with Gasteiger partial charge in [-0.3, -0.25) is 0 Å². The number of rotatable bonds is 4. The molecule has 0 unspecified atom stereocenters. The van der Waals surface area contributed by atoms with Crippen molar-refractivity contribution in [2.45, 2.75) is 11.0 Å². The van der Waals surface area contributed by atoms with Crippen LogP contribution < -0.4 is 0 Å². The van der Waals surface area contributed by atoms with Crippen LogP contribution in [0.1, 0.15) is 5.56 Å². The van der Waals surface area contributed by atoms with Gasteiger partial charge >= 0.3 is 0 Å². The molecule has 0 amide bonds. The van der Waals surface area contributed by atoms with E-state index in [1.807, 2.05) is 24.3 Å². The van der Waals surface area contributed by atoms with Crippen molar-refractivity contribution >= 4 is 39.3 Å². The van der Waals surface area contributed by atoms with Crippen molar-refractivity contribution < 1.29 is 4.42 Å². The third kappa shape index (κ3) is 3.87. The molecular weight excluding hydrogens is 372 g/mol. The standard InChI is InChI=1S/C15H10BrClN2OS/c16-12-3-1-2-10(8-12)9-21-15-19-18-14(20-15)11-4-6-13(17)7-5-11/h1-8H,9H2. The molecule has 0 aliphatic carbocycles. The number of hydrogen-bond donors (Lipinski definition) is 0. The maximum absolute atomic E-state index is 5.86. The van der Waals surface area contributed by atoms with E-state index in [1.165, 1.54) is 17.3 Å². The van der Waals surface area contributed by atoms with E-state index in [4.69, 9.17) is 16.0 Å². The highest BCUT2D eigenvalue weighted by Gasteiger charge is 2.09. The Balaban J connectivity index is 1.69. The average Bonchev–Trinajstić information content (AvgIpc) is 2.95. The molecule has 0 aliphatic rings. The fourth-order valence-electron chi connectivity index (χ4n) is 1.75. The Morgan fingerprint density at radius 1 is 1.10 bits per heavy atom. The number of halogens is 2. The van der Waals surface area contributed by atoms with Crippen molar-refractivity contribution in [1.82, 2.24) is 10.2 Å². The molecule has 0 aliphatic heterocycles. The predicted molar refractivity (Wildman–Crippen MR) is 88.4 cm³/mol. The van der Waals surface area contributed by atoms with E-state index in [-0.39, 0.29) is 0 Å². The Morgan fingerprint density at radius 3 is 2.67 bits per heavy atom. The quantitative estimate of drug-likeness (QED) is 0.564. The summed E-state index contributed by atoms with van der Waals surface area (Å²) in [5.41, 5.74) is 2.06. The zero-order valence-electron chi connectivity index (χ0n) is 10.8. The highest BCUT2D eigenvalue weighted by Crippen LogP contribution is 2.27. The summed E-state index contributed by atoms with van der Waals surface area (Å²) in [5, 5.41) is 9.35. The zero-order chi connectivity index (χ0) is 14.7. The van der Waals surface area contributed by atoms with Gasteiger partial charge in [0.15, 0.2) is 0 Å². The van der Waals surface area contributed by atoms with Gasteiger partial charge in [-0.25, -0.2) is 0 Å². The lowest BCUT2D eigenvalue weighted by Crippen LogP contribution is -1.80. The molecule has 3 nitrogen and oxygen atoms in total. The second-order valence-corrected chi connectivity index (χ2v) is 6.58. The maximum atomic E-state index is 5.86. The van der Waals surface area contributed by atoms with Gasteiger partial charge in [-0.1, -0.05) is 51.4 Å². The fraction of sp³-hybridized carbons (Fsp3) is 0.0667. The van der Waals surface area contributed by atoms with E-state index in [1.54, 1.807) is 12.1 Å². The van der Waals surface area contributed by atoms with Crippen LogP contribution in [0.25, 0.3) is 11.5 Å². The van der Waals surface area contributed by atoms with E-state index in [0.29, 0.717) is 16.1 Å². The molecule has 0 spiro atoms. The minimum atomic E-state index is 0.503. The molecule has 0 saturated carbocycles. The Hall–Kier alpha value is -1.30. The van der Waals surface area contributed by atoms with Crippen LogP contribution in [0.2, 0.25) is 5.02 Å². The Morgan fingerprint density at radius 2 is 1.90 bits per heavy atom. The van der Waals surface area contributed by atoms with Crippen molar-refractivity contribution in [2.75, 3.05) is 0 Å². The summed E-state index contributed by atoms with van der Waals surface area (Å²) < 4.78 is 6.71. The van der Waals surface area contributed by atoms with Gasteiger partial charge in [-0.05, 0) is 42.0 Å². The molecule has 6 heteroatoms. The summed E-state index contributed by atoms with van der Waals surface area (Å²) >= 11 is 10.8. The van der Waals surface area contributed by atoms with Crippen LogP contribution in [0.3, 0.4) is 0 Å². The first-order valence-electron chi connectivity index (χ1n) is 6.17. The second kappa shape index (κ2) is 6.64. The van der Waals surface area contributed by atoms with E-state index in [2.05, 4.69) is 38.3 Å². The van der Waals surface area contributed by atoms with E-state index in [0.717, 1.165) is 15.8 Å². The summed E-state index contributed by atoms with van der Waals surface area (Å²) in [5.74, 6) is 1.28. The number of aromatic nitrogens is 2. The number of benzene rings is 2. The molecule has 106 valence electrons. The third-order valence-electron chi connectivity index (χ3n) is 2.75. The fourth-order valence-corrected chi connectivity index (χ4v) is 3.03. The van der Waals surface area contributed by atoms with Gasteiger partial charge in [0.05, 0.1) is 0 Å². The molecule has 0 N–H and O–H groups in total. The van der Waals surface area contributed by atoms with Gasteiger partial charge < -0.3 is 4.42 Å². The predicted octanol–water partition coefficient (Wildman–Crippen LogP) is 5.44. The summed E-state index contributed by atoms with van der Waals surface area (Å²) in [6, 6.07) is 15.5. The van der Waals surface area contributed by atoms with Crippen molar-refractivity contribution in [2.24, 2.45) is 0 Å². The molecule has 1 aromatic heterocycles. The minimum Gasteiger partial charge on any atom is -0.411 e. The molecular formula is C15H10BrClN2OS. The summed E-state index contributed by atoms with van der Waals surface area (Å²) in [7, 11) is 0. The van der Waals surface area contributed by atoms with E-state index < -0.39 is 0 Å². The summed E-state index contributed by atoms with van der Waals surface area (Å²) in [4.78, 5) is 0. The monoisotopic (exact) mass is 380 g/mol. The van der Waals surface area contributed by atoms with Gasteiger partial charge in [0.25, 0.3) is 5.22 Å². The molecule has 0 atom stereocenters. The topological polar surface area (TPSA) is 38.9 Å². The van der Waals surface area contributed by atoms with Crippen molar-refractivity contribution in [3.05, 3.63) is 63.6 Å². The van der Waals surface area contributed by atoms with Crippen LogP contribution in [-0.4, -0.2) is 10.2 Å². The first kappa shape index (κ1) is 14.6. The summed E-state index contributed by atoms with van der Waals surface area (Å²) in [6.07, 6.45) is 0. The number of nitrogens with zero attached hydrogens (tertiary/aromatic N) is 2. The van der Waals surface area contributed by atoms with Gasteiger partial charge in [-0.15, -0.1) is 10.2 Å². The van der Waals surface area contributed by atoms with Crippen LogP contribution in [0.5, 0.6) is 0 Å². The molecule has 3 rings (SSSR count). The van der Waals surface area contributed by atoms with E-state index >= 15 is 0 Å². The minimum absolute atomic E-state index is 0.503. The maximum Gasteiger partial charge on any atom is 0.277 e. The zero-order valence-corrected chi connectivity index (χ0v) is 14.0. The SMILES string of the molecule is Clc1ccc(-c2nnc(SCc3cccc(Br)c3)o2)cc1. The molecule has 0 fully saturated rings. The first-order chi connectivity index (χ1) is 10.2. The molecule has 2 aromatic carbocycles. The molecule has 1 heterocycles. The number of thioether (sulfide) groups is 1. The molecule has 0 bridgehead atoms. The van der Waals surface area contributed by atoms with Gasteiger partial charge in [0.2, 0.25) is 5.89 Å². The first-order valence-corrected chi connectivity index (χ1v) is 8.33. The normalized spacial score (nSPS) is 10.8. The lowest BCUT2D eigenvalue weighted by molar-refractivity contribution is 0.466. The van der Waals surface area contributed by atoms with Crippen molar-refractivity contribution in [3.8, 4) is 11.5 Å². The number of hydrogen-bond acceptors (Lipinski definition) is 4. The molecule has 0 radical (unpaired) electrons. The van der Waals surface area contributed by atoms with Gasteiger partial charge in [0.1, 0.15) is 0 Å². The van der Waals surface area contributed by atoms with Gasteiger partial charge in [-0.2, -0.15) is 0 Å². The molecule has 0 saturated heterocycles. The van der Waals surface area contributed by atoms with Crippen molar-refractivity contribution in [1.29, 1.82) is 0 Å². The van der Waals surface area contributed by atoms with Crippen LogP contribution in [0, 0.1) is 0 Å². The van der Waals surface area contributed by atoms with E-state index in [9.17, 15) is 0 Å². The Labute approximate surface area is 139 Å². The average molecular weight is 382 g/mol. The highest BCUT2D eigenvalue weighted by molar-refractivity contribution is 9.10. The van der Waals surface area contributed by atoms with Crippen LogP contribution in [0.15, 0.2) is 62.6 Å². The van der Waals surface area contributed by atoms with Crippen LogP contribution in [-0.2, 0) is 5.75 Å². The molecule has 3 aromatic rings. The third-order valence-corrected chi connectivity index (χ3v) is 4.38. The summed E-state index contributed by atoms with van der Waals surface area (Å²) in [6.45, 7) is 0. The van der Waals surface area contributed by atoms with Crippen molar-refractivity contribution in [3.63, 3.8) is 0 Å². The molecule has 21 heavy (non-hydrogen) atoms. The lowest BCUT2D eigenvalue weighted by atomic mass is 10.2. The smallest absolute Gasteiger partial charge is 0.277 e. The second-order valence-electron chi connectivity index (χ2n) is 4.30. The largest absolute Gasteiger partial charge is 0.411 e. The van der Waals surface area contributed by atoms with Crippen LogP contribution in [0.4, 0.5) is 0 Å². The highest BCUT2D eigenvalue weighted by atomic mass is 79.9. The van der Waals surface area contributed by atoms with Crippen LogP contribution >= 0.6 is 39.3 Å².